The van der Waals surface area contributed by atoms with E-state index in [1.54, 1.807) is 0 Å². The van der Waals surface area contributed by atoms with Crippen LogP contribution in [0.5, 0.6) is 0 Å². The predicted molar refractivity (Wildman–Crippen MR) is 133 cm³/mol. The highest BCUT2D eigenvalue weighted by atomic mass is 16.2. The van der Waals surface area contributed by atoms with Crippen LogP contribution in [0, 0.1) is 0 Å². The Morgan fingerprint density at radius 1 is 0.941 bits per heavy atom. The van der Waals surface area contributed by atoms with E-state index in [1.165, 1.54) is 11.1 Å². The molecule has 1 aliphatic heterocycles. The van der Waals surface area contributed by atoms with E-state index < -0.39 is 0 Å². The van der Waals surface area contributed by atoms with Crippen molar-refractivity contribution in [3.8, 4) is 0 Å². The smallest absolute Gasteiger partial charge is 0.240 e. The van der Waals surface area contributed by atoms with Gasteiger partial charge in [0, 0.05) is 32.0 Å². The average molecular weight is 456 g/mol. The topological polar surface area (TPSA) is 70.2 Å². The van der Waals surface area contributed by atoms with E-state index in [0.29, 0.717) is 6.54 Å². The fourth-order valence-corrected chi connectivity index (χ4v) is 5.12. The Morgan fingerprint density at radius 3 is 2.59 bits per heavy atom. The molecule has 2 atom stereocenters. The Bertz CT molecular complexity index is 1080. The summed E-state index contributed by atoms with van der Waals surface area (Å²) in [6.45, 7) is 3.06. The van der Waals surface area contributed by atoms with E-state index in [9.17, 15) is 4.79 Å². The van der Waals surface area contributed by atoms with Crippen molar-refractivity contribution >= 4 is 5.91 Å². The highest BCUT2D eigenvalue weighted by molar-refractivity contribution is 5.82. The third kappa shape index (κ3) is 5.34. The van der Waals surface area contributed by atoms with Crippen molar-refractivity contribution in [1.29, 1.82) is 0 Å². The van der Waals surface area contributed by atoms with Gasteiger partial charge in [0.2, 0.25) is 5.91 Å². The van der Waals surface area contributed by atoms with Gasteiger partial charge in [-0.25, -0.2) is 0 Å². The van der Waals surface area contributed by atoms with Gasteiger partial charge in [-0.3, -0.25) is 14.8 Å². The molecule has 176 valence electrons. The number of nitrogens with one attached hydrogen (secondary N) is 2. The number of aryl methyl sites for hydroxylation is 1. The summed E-state index contributed by atoms with van der Waals surface area (Å²) in [4.78, 5) is 24.8. The van der Waals surface area contributed by atoms with Crippen molar-refractivity contribution in [2.75, 3.05) is 6.54 Å². The molecule has 3 aromatic rings. The Hall–Kier alpha value is -3.09. The van der Waals surface area contributed by atoms with Crippen molar-refractivity contribution in [2.45, 2.75) is 63.8 Å². The number of aromatic nitrogens is 2. The Balaban J connectivity index is 1.29. The molecule has 2 N–H and O–H groups in total. The minimum Gasteiger partial charge on any atom is -0.328 e. The lowest BCUT2D eigenvalue weighted by molar-refractivity contribution is -0.136. The molecule has 1 fully saturated rings. The third-order valence-corrected chi connectivity index (χ3v) is 6.92. The zero-order valence-corrected chi connectivity index (χ0v) is 19.6. The molecule has 0 bridgehead atoms. The summed E-state index contributed by atoms with van der Waals surface area (Å²) in [5.74, 6) is 0.210. The monoisotopic (exact) mass is 455 g/mol. The first-order valence-electron chi connectivity index (χ1n) is 12.4. The van der Waals surface area contributed by atoms with E-state index >= 15 is 0 Å². The van der Waals surface area contributed by atoms with Gasteiger partial charge in [0.15, 0.2) is 0 Å². The molecule has 2 aromatic heterocycles. The van der Waals surface area contributed by atoms with Crippen LogP contribution < -0.4 is 10.6 Å². The first kappa shape index (κ1) is 22.7. The van der Waals surface area contributed by atoms with Crippen LogP contribution in [0.4, 0.5) is 0 Å². The van der Waals surface area contributed by atoms with Crippen molar-refractivity contribution in [3.63, 3.8) is 0 Å². The van der Waals surface area contributed by atoms with Crippen molar-refractivity contribution in [3.05, 3.63) is 95.1 Å². The largest absolute Gasteiger partial charge is 0.328 e. The van der Waals surface area contributed by atoms with Crippen LogP contribution in [0.15, 0.2) is 67.0 Å². The zero-order valence-electron chi connectivity index (χ0n) is 19.6. The molecule has 6 heteroatoms. The number of rotatable bonds is 8. The summed E-state index contributed by atoms with van der Waals surface area (Å²) in [6.07, 6.45) is 8.76. The molecule has 2 aliphatic rings. The van der Waals surface area contributed by atoms with Crippen LogP contribution in [0.3, 0.4) is 0 Å². The number of benzene rings is 1. The highest BCUT2D eigenvalue weighted by Crippen LogP contribution is 2.34. The summed E-state index contributed by atoms with van der Waals surface area (Å²) in [5.41, 5.74) is 5.78. The lowest BCUT2D eigenvalue weighted by atomic mass is 9.90. The van der Waals surface area contributed by atoms with Crippen LogP contribution in [0.25, 0.3) is 0 Å². The van der Waals surface area contributed by atoms with Gasteiger partial charge >= 0.3 is 0 Å². The van der Waals surface area contributed by atoms with E-state index in [4.69, 9.17) is 4.98 Å². The molecule has 0 spiro atoms. The van der Waals surface area contributed by atoms with E-state index in [2.05, 4.69) is 50.8 Å². The van der Waals surface area contributed by atoms with Crippen molar-refractivity contribution < 1.29 is 4.79 Å². The zero-order chi connectivity index (χ0) is 23.2. The summed E-state index contributed by atoms with van der Waals surface area (Å²) in [6, 6.07) is 18.7. The minimum atomic E-state index is -0.0795. The van der Waals surface area contributed by atoms with E-state index in [0.717, 1.165) is 68.7 Å². The molecule has 0 radical (unpaired) electrons. The Morgan fingerprint density at radius 2 is 1.79 bits per heavy atom. The third-order valence-electron chi connectivity index (χ3n) is 6.92. The second-order valence-electron chi connectivity index (χ2n) is 9.31. The van der Waals surface area contributed by atoms with Crippen LogP contribution >= 0.6 is 0 Å². The van der Waals surface area contributed by atoms with Crippen molar-refractivity contribution in [2.24, 2.45) is 0 Å². The van der Waals surface area contributed by atoms with E-state index in [-0.39, 0.29) is 18.0 Å². The number of amides is 1. The molecular weight excluding hydrogens is 422 g/mol. The number of hydrogen-bond donors (Lipinski definition) is 2. The Labute approximate surface area is 201 Å². The summed E-state index contributed by atoms with van der Waals surface area (Å²) in [5, 5.41) is 6.86. The predicted octanol–water partition coefficient (Wildman–Crippen LogP) is 3.92. The molecular formula is C28H33N5O. The number of carbonyl (C=O) groups excluding carboxylic acids is 1. The fourth-order valence-electron chi connectivity index (χ4n) is 5.12. The van der Waals surface area contributed by atoms with Crippen molar-refractivity contribution in [1.82, 2.24) is 25.5 Å². The molecule has 6 nitrogen and oxygen atoms in total. The molecule has 1 saturated heterocycles. The maximum atomic E-state index is 13.6. The van der Waals surface area contributed by atoms with Crippen LogP contribution in [-0.4, -0.2) is 33.4 Å². The fraction of sp³-hybridized carbons (Fsp3) is 0.393. The lowest BCUT2D eigenvalue weighted by Crippen LogP contribution is -2.45. The van der Waals surface area contributed by atoms with Gasteiger partial charge in [-0.05, 0) is 73.5 Å². The maximum absolute atomic E-state index is 13.6. The van der Waals surface area contributed by atoms with Gasteiger partial charge in [0.25, 0.3) is 0 Å². The van der Waals surface area contributed by atoms with Gasteiger partial charge in [0.1, 0.15) is 0 Å². The second-order valence-corrected chi connectivity index (χ2v) is 9.31. The van der Waals surface area contributed by atoms with Crippen LogP contribution in [-0.2, 0) is 30.8 Å². The summed E-state index contributed by atoms with van der Waals surface area (Å²) < 4.78 is 0. The number of hydrogen-bond acceptors (Lipinski definition) is 5. The summed E-state index contributed by atoms with van der Waals surface area (Å²) >= 11 is 0. The van der Waals surface area contributed by atoms with Crippen LogP contribution in [0.2, 0.25) is 0 Å². The Kier molecular flexibility index (Phi) is 7.27. The molecule has 0 saturated carbocycles. The van der Waals surface area contributed by atoms with Gasteiger partial charge in [0.05, 0.1) is 23.5 Å². The highest BCUT2D eigenvalue weighted by Gasteiger charge is 2.34. The van der Waals surface area contributed by atoms with Gasteiger partial charge in [-0.15, -0.1) is 0 Å². The van der Waals surface area contributed by atoms with E-state index in [1.807, 2.05) is 36.7 Å². The number of fused-ring (bicyclic) bond motifs is 1. The second kappa shape index (κ2) is 10.9. The first-order valence-corrected chi connectivity index (χ1v) is 12.4. The quantitative estimate of drug-likeness (QED) is 0.539. The molecule has 1 unspecified atom stereocenters. The number of nitrogens with zero attached hydrogens (tertiary/aromatic N) is 3. The summed E-state index contributed by atoms with van der Waals surface area (Å²) in [7, 11) is 0. The van der Waals surface area contributed by atoms with Crippen LogP contribution in [0.1, 0.15) is 59.8 Å². The molecule has 5 rings (SSSR count). The van der Waals surface area contributed by atoms with Gasteiger partial charge in [-0.1, -0.05) is 36.4 Å². The number of pyridine rings is 2. The molecule has 1 amide bonds. The maximum Gasteiger partial charge on any atom is 0.240 e. The number of carbonyl (C=O) groups is 1. The molecule has 1 aliphatic carbocycles. The molecule has 34 heavy (non-hydrogen) atoms. The average Bonchev–Trinajstić information content (AvgIpc) is 3.43. The normalized spacial score (nSPS) is 19.5. The lowest BCUT2D eigenvalue weighted by Gasteiger charge is -2.36. The standard InChI is InChI=1S/C28H33N5O/c34-28(25-9-5-16-31-25)33(26-10-3-6-23-7-4-17-32-27(23)26)20-22-13-11-21(12-14-22)18-29-19-24-8-1-2-15-30-24/h1-2,4,7-8,11-15,17,25-26,29,31H,3,5-6,9-10,16,18-20H2/t25-,26?/m0/s1. The van der Waals surface area contributed by atoms with Gasteiger partial charge < -0.3 is 15.5 Å². The first-order chi connectivity index (χ1) is 16.8. The van der Waals surface area contributed by atoms with Gasteiger partial charge in [-0.2, -0.15) is 0 Å². The minimum absolute atomic E-state index is 0.0413. The molecule has 3 heterocycles. The SMILES string of the molecule is O=C([C@@H]1CCCN1)N(Cc1ccc(CNCc2ccccn2)cc1)C1CCCc2cccnc21. The molecule has 1 aromatic carbocycles.